The molecule has 80 valence electrons. The molecular weight excluding hydrogens is 204 g/mol. The molecule has 0 amide bonds. The largest absolute Gasteiger partial charge is 0.475 e. The molecular formula is C12H10N2O2. The molecule has 0 unspecified atom stereocenters. The minimum Gasteiger partial charge on any atom is -0.475 e. The number of hydrogen-bond acceptors (Lipinski definition) is 4. The van der Waals surface area contributed by atoms with Crippen molar-refractivity contribution in [1.29, 1.82) is 0 Å². The number of rotatable bonds is 2. The molecule has 0 N–H and O–H groups in total. The molecule has 0 aliphatic carbocycles. The second-order valence-electron chi connectivity index (χ2n) is 3.48. The van der Waals surface area contributed by atoms with E-state index in [1.54, 1.807) is 6.26 Å². The molecule has 0 saturated carbocycles. The van der Waals surface area contributed by atoms with Gasteiger partial charge in [0.1, 0.15) is 24.1 Å². The van der Waals surface area contributed by atoms with E-state index in [9.17, 15) is 0 Å². The topological polar surface area (TPSA) is 47.6 Å². The maximum atomic E-state index is 5.41. The van der Waals surface area contributed by atoms with Crippen LogP contribution in [-0.2, 0) is 4.74 Å². The molecule has 0 atom stereocenters. The van der Waals surface area contributed by atoms with E-state index in [1.165, 1.54) is 0 Å². The first-order valence-corrected chi connectivity index (χ1v) is 5.12. The Morgan fingerprint density at radius 3 is 2.75 bits per heavy atom. The average Bonchev–Trinajstić information content (AvgIpc) is 3.01. The van der Waals surface area contributed by atoms with E-state index in [2.05, 4.69) is 10.1 Å². The highest BCUT2D eigenvalue weighted by Crippen LogP contribution is 2.23. The molecule has 2 aromatic rings. The first kappa shape index (κ1) is 9.15. The lowest BCUT2D eigenvalue weighted by atomic mass is 10.1. The first-order chi connectivity index (χ1) is 7.95. The summed E-state index contributed by atoms with van der Waals surface area (Å²) >= 11 is 0. The molecule has 1 aliphatic heterocycles. The zero-order valence-electron chi connectivity index (χ0n) is 8.59. The van der Waals surface area contributed by atoms with Gasteiger partial charge in [-0.2, -0.15) is 0 Å². The Morgan fingerprint density at radius 1 is 1.12 bits per heavy atom. The van der Waals surface area contributed by atoms with Gasteiger partial charge in [0.2, 0.25) is 5.90 Å². The summed E-state index contributed by atoms with van der Waals surface area (Å²) in [6.45, 7) is 1.34. The van der Waals surface area contributed by atoms with Gasteiger partial charge in [-0.3, -0.25) is 0 Å². The predicted octanol–water partition coefficient (Wildman–Crippen LogP) is 2.12. The van der Waals surface area contributed by atoms with Crippen LogP contribution in [0, 0.1) is 0 Å². The van der Waals surface area contributed by atoms with E-state index in [-0.39, 0.29) is 0 Å². The van der Waals surface area contributed by atoms with Crippen molar-refractivity contribution in [2.75, 3.05) is 13.2 Å². The van der Waals surface area contributed by atoms with Gasteiger partial charge in [0.25, 0.3) is 0 Å². The zero-order valence-corrected chi connectivity index (χ0v) is 8.59. The van der Waals surface area contributed by atoms with Crippen LogP contribution in [0.15, 0.2) is 46.1 Å². The number of nitrogens with zero attached hydrogens (tertiary/aromatic N) is 2. The van der Waals surface area contributed by atoms with E-state index in [4.69, 9.17) is 9.26 Å². The molecule has 4 heteroatoms. The second-order valence-corrected chi connectivity index (χ2v) is 3.48. The summed E-state index contributed by atoms with van der Waals surface area (Å²) in [5.41, 5.74) is 2.61. The molecule has 0 fully saturated rings. The standard InChI is InChI=1S/C12H10N2O2/c1-2-4-9(5-3-1)11-10(8-16-14-11)12-13-6-7-15-12/h1-5,8H,6-7H2. The summed E-state index contributed by atoms with van der Waals surface area (Å²) in [5, 5.41) is 4.00. The molecule has 1 aromatic carbocycles. The summed E-state index contributed by atoms with van der Waals surface area (Å²) in [6, 6.07) is 9.86. The average molecular weight is 214 g/mol. The van der Waals surface area contributed by atoms with E-state index >= 15 is 0 Å². The number of aliphatic imine (C=N–C) groups is 1. The van der Waals surface area contributed by atoms with E-state index in [1.807, 2.05) is 30.3 Å². The highest BCUT2D eigenvalue weighted by atomic mass is 16.5. The van der Waals surface area contributed by atoms with Gasteiger partial charge in [-0.15, -0.1) is 0 Å². The fourth-order valence-corrected chi connectivity index (χ4v) is 1.69. The van der Waals surface area contributed by atoms with Gasteiger partial charge in [0.15, 0.2) is 0 Å². The molecule has 0 bridgehead atoms. The van der Waals surface area contributed by atoms with Crippen molar-refractivity contribution in [2.45, 2.75) is 0 Å². The summed E-state index contributed by atoms with van der Waals surface area (Å²) in [7, 11) is 0. The highest BCUT2D eigenvalue weighted by Gasteiger charge is 2.19. The van der Waals surface area contributed by atoms with Gasteiger partial charge >= 0.3 is 0 Å². The number of ether oxygens (including phenoxy) is 1. The van der Waals surface area contributed by atoms with Crippen molar-refractivity contribution in [3.8, 4) is 11.3 Å². The number of aromatic nitrogens is 1. The van der Waals surface area contributed by atoms with Crippen molar-refractivity contribution >= 4 is 5.90 Å². The monoisotopic (exact) mass is 214 g/mol. The van der Waals surface area contributed by atoms with Crippen LogP contribution in [0.25, 0.3) is 11.3 Å². The van der Waals surface area contributed by atoms with Crippen molar-refractivity contribution < 1.29 is 9.26 Å². The Hall–Kier alpha value is -2.10. The molecule has 3 rings (SSSR count). The molecule has 2 heterocycles. The van der Waals surface area contributed by atoms with E-state index in [0.717, 1.165) is 16.8 Å². The summed E-state index contributed by atoms with van der Waals surface area (Å²) in [5.74, 6) is 0.625. The quantitative estimate of drug-likeness (QED) is 0.769. The Labute approximate surface area is 92.6 Å². The molecule has 1 aliphatic rings. The molecule has 1 aromatic heterocycles. The zero-order chi connectivity index (χ0) is 10.8. The molecule has 0 spiro atoms. The van der Waals surface area contributed by atoms with E-state index in [0.29, 0.717) is 19.0 Å². The Balaban J connectivity index is 2.06. The number of hydrogen-bond donors (Lipinski definition) is 0. The first-order valence-electron chi connectivity index (χ1n) is 5.12. The van der Waals surface area contributed by atoms with E-state index < -0.39 is 0 Å². The fraction of sp³-hybridized carbons (Fsp3) is 0.167. The Morgan fingerprint density at radius 2 is 2.00 bits per heavy atom. The van der Waals surface area contributed by atoms with Crippen LogP contribution in [0.3, 0.4) is 0 Å². The van der Waals surface area contributed by atoms with Crippen molar-refractivity contribution in [1.82, 2.24) is 5.16 Å². The second kappa shape index (κ2) is 3.81. The Bertz CT molecular complexity index is 517. The van der Waals surface area contributed by atoms with Crippen LogP contribution in [0.1, 0.15) is 5.56 Å². The summed E-state index contributed by atoms with van der Waals surface area (Å²) in [6.07, 6.45) is 1.58. The van der Waals surface area contributed by atoms with Crippen LogP contribution in [0.2, 0.25) is 0 Å². The molecule has 4 nitrogen and oxygen atoms in total. The van der Waals surface area contributed by atoms with Crippen LogP contribution >= 0.6 is 0 Å². The van der Waals surface area contributed by atoms with Gasteiger partial charge in [0, 0.05) is 5.56 Å². The minimum absolute atomic E-state index is 0.625. The lowest BCUT2D eigenvalue weighted by molar-refractivity contribution is 0.348. The van der Waals surface area contributed by atoms with Crippen LogP contribution in [0.5, 0.6) is 0 Å². The maximum Gasteiger partial charge on any atom is 0.221 e. The number of benzene rings is 1. The maximum absolute atomic E-state index is 5.41. The normalized spacial score (nSPS) is 14.6. The van der Waals surface area contributed by atoms with Crippen molar-refractivity contribution in [3.05, 3.63) is 42.2 Å². The smallest absolute Gasteiger partial charge is 0.221 e. The van der Waals surface area contributed by atoms with Gasteiger partial charge in [-0.1, -0.05) is 35.5 Å². The van der Waals surface area contributed by atoms with Crippen LogP contribution < -0.4 is 0 Å². The SMILES string of the molecule is c1ccc(-c2nocc2C2=NCCO2)cc1. The highest BCUT2D eigenvalue weighted by molar-refractivity contribution is 6.00. The third-order valence-corrected chi connectivity index (χ3v) is 2.43. The minimum atomic E-state index is 0.625. The van der Waals surface area contributed by atoms with Crippen LogP contribution in [-0.4, -0.2) is 24.2 Å². The van der Waals surface area contributed by atoms with Crippen molar-refractivity contribution in [3.63, 3.8) is 0 Å². The lowest BCUT2D eigenvalue weighted by Crippen LogP contribution is -2.01. The van der Waals surface area contributed by atoms with Gasteiger partial charge < -0.3 is 9.26 Å². The van der Waals surface area contributed by atoms with Crippen molar-refractivity contribution in [2.24, 2.45) is 4.99 Å². The summed E-state index contributed by atoms with van der Waals surface area (Å²) < 4.78 is 10.4. The van der Waals surface area contributed by atoms with Gasteiger partial charge in [-0.25, -0.2) is 4.99 Å². The predicted molar refractivity (Wildman–Crippen MR) is 59.3 cm³/mol. The third-order valence-electron chi connectivity index (χ3n) is 2.43. The van der Waals surface area contributed by atoms with Gasteiger partial charge in [-0.05, 0) is 0 Å². The lowest BCUT2D eigenvalue weighted by Gasteiger charge is -2.00. The van der Waals surface area contributed by atoms with Crippen LogP contribution in [0.4, 0.5) is 0 Å². The van der Waals surface area contributed by atoms with Gasteiger partial charge in [0.05, 0.1) is 6.54 Å². The molecule has 16 heavy (non-hydrogen) atoms. The molecule has 0 radical (unpaired) electrons. The molecule has 0 saturated heterocycles. The Kier molecular flexibility index (Phi) is 2.18. The third kappa shape index (κ3) is 1.48. The summed E-state index contributed by atoms with van der Waals surface area (Å²) in [4.78, 5) is 4.26. The fourth-order valence-electron chi connectivity index (χ4n) is 1.69.